The number of hydrogen-bond donors (Lipinski definition) is 2. The standard InChI is InChI=1S/C32H52ClN3S/c1-23(2)31(21-36-17-16-30(32(3,4)22-36)25-12-14-28(33)15-13-25)34-20-24-8-6-9-26(18-24)27-10-7-11-29(19-27)35-37-5/h8,10,12,14-15,23,25-26,29-31,34-35H,6-7,9,11,13,16-22H2,1-5H3/t25?,26?,29?,30-,31+/m1/s1. The molecule has 5 atom stereocenters. The second-order valence-corrected chi connectivity index (χ2v) is 14.2. The third-order valence-corrected chi connectivity index (χ3v) is 10.4. The number of halogens is 1. The van der Waals surface area contributed by atoms with Crippen LogP contribution in [0.15, 0.2) is 46.6 Å². The van der Waals surface area contributed by atoms with Crippen molar-refractivity contribution in [2.75, 3.05) is 32.4 Å². The van der Waals surface area contributed by atoms with E-state index in [0.717, 1.165) is 36.4 Å². The fraction of sp³-hybridized carbons (Fsp3) is 0.750. The molecule has 208 valence electrons. The van der Waals surface area contributed by atoms with Crippen LogP contribution in [0.3, 0.4) is 0 Å². The van der Waals surface area contributed by atoms with Gasteiger partial charge in [-0.05, 0) is 99.3 Å². The number of allylic oxidation sites excluding steroid dienone is 6. The highest BCUT2D eigenvalue weighted by molar-refractivity contribution is 7.96. The van der Waals surface area contributed by atoms with Crippen molar-refractivity contribution < 1.29 is 0 Å². The number of rotatable bonds is 10. The molecule has 1 aliphatic heterocycles. The molecule has 3 nitrogen and oxygen atoms in total. The van der Waals surface area contributed by atoms with Crippen LogP contribution in [0, 0.1) is 29.1 Å². The molecule has 0 aromatic rings. The van der Waals surface area contributed by atoms with Crippen LogP contribution in [0.25, 0.3) is 0 Å². The van der Waals surface area contributed by atoms with Crippen LogP contribution in [0.4, 0.5) is 0 Å². The first-order chi connectivity index (χ1) is 17.7. The van der Waals surface area contributed by atoms with Gasteiger partial charge in [-0.25, -0.2) is 0 Å². The van der Waals surface area contributed by atoms with Gasteiger partial charge < -0.3 is 10.2 Å². The van der Waals surface area contributed by atoms with Crippen LogP contribution in [0.2, 0.25) is 0 Å². The highest BCUT2D eigenvalue weighted by atomic mass is 35.5. The quantitative estimate of drug-likeness (QED) is 0.217. The van der Waals surface area contributed by atoms with Gasteiger partial charge in [-0.1, -0.05) is 86.7 Å². The SMILES string of the molecule is CSNC1CCC=C(C2CCC=C(CN[C@@H](CN3CC[C@H](C4C=CC(Cl)=CC4)C(C)(C)C3)C(C)C)C2)C1. The fourth-order valence-corrected chi connectivity index (χ4v) is 8.08. The molecule has 1 fully saturated rings. The molecule has 3 unspecified atom stereocenters. The van der Waals surface area contributed by atoms with Gasteiger partial charge in [0, 0.05) is 36.8 Å². The summed E-state index contributed by atoms with van der Waals surface area (Å²) in [6.45, 7) is 14.4. The van der Waals surface area contributed by atoms with E-state index in [2.05, 4.69) is 79.3 Å². The fourth-order valence-electron chi connectivity index (χ4n) is 7.39. The Hall–Kier alpha value is -0.520. The van der Waals surface area contributed by atoms with Crippen LogP contribution < -0.4 is 10.0 Å². The lowest BCUT2D eigenvalue weighted by molar-refractivity contribution is 0.0254. The van der Waals surface area contributed by atoms with Crippen LogP contribution >= 0.6 is 23.5 Å². The number of nitrogens with one attached hydrogen (secondary N) is 2. The number of hydrogen-bond acceptors (Lipinski definition) is 4. The van der Waals surface area contributed by atoms with Crippen molar-refractivity contribution >= 4 is 23.5 Å². The maximum absolute atomic E-state index is 6.20. The van der Waals surface area contributed by atoms with E-state index in [0.29, 0.717) is 29.3 Å². The lowest BCUT2D eigenvalue weighted by atomic mass is 9.66. The van der Waals surface area contributed by atoms with E-state index in [1.165, 1.54) is 58.0 Å². The lowest BCUT2D eigenvalue weighted by Gasteiger charge is -2.48. The first-order valence-corrected chi connectivity index (χ1v) is 16.5. The normalized spacial score (nSPS) is 31.6. The molecule has 0 radical (unpaired) electrons. The summed E-state index contributed by atoms with van der Waals surface area (Å²) in [5.41, 5.74) is 3.68. The van der Waals surface area contributed by atoms with Crippen LogP contribution in [-0.4, -0.2) is 49.4 Å². The van der Waals surface area contributed by atoms with Crippen LogP contribution in [-0.2, 0) is 0 Å². The van der Waals surface area contributed by atoms with E-state index in [9.17, 15) is 0 Å². The van der Waals surface area contributed by atoms with Crippen LogP contribution in [0.5, 0.6) is 0 Å². The summed E-state index contributed by atoms with van der Waals surface area (Å²) < 4.78 is 3.62. The summed E-state index contributed by atoms with van der Waals surface area (Å²) in [4.78, 5) is 2.74. The van der Waals surface area contributed by atoms with Crippen molar-refractivity contribution in [2.45, 2.75) is 91.1 Å². The van der Waals surface area contributed by atoms with Gasteiger partial charge in [-0.3, -0.25) is 4.72 Å². The van der Waals surface area contributed by atoms with Gasteiger partial charge in [0.15, 0.2) is 0 Å². The first-order valence-electron chi connectivity index (χ1n) is 14.9. The lowest BCUT2D eigenvalue weighted by Crippen LogP contribution is -2.53. The molecule has 1 saturated heterocycles. The maximum Gasteiger partial charge on any atom is 0.0363 e. The molecule has 0 bridgehead atoms. The van der Waals surface area contributed by atoms with Gasteiger partial charge in [0.05, 0.1) is 0 Å². The van der Waals surface area contributed by atoms with Gasteiger partial charge in [0.25, 0.3) is 0 Å². The Morgan fingerprint density at radius 2 is 1.92 bits per heavy atom. The van der Waals surface area contributed by atoms with Crippen molar-refractivity contribution in [1.82, 2.24) is 14.9 Å². The largest absolute Gasteiger partial charge is 0.309 e. The molecule has 37 heavy (non-hydrogen) atoms. The third-order valence-electron chi connectivity index (χ3n) is 9.52. The summed E-state index contributed by atoms with van der Waals surface area (Å²) in [5, 5.41) is 4.92. The zero-order valence-electron chi connectivity index (χ0n) is 24.1. The second kappa shape index (κ2) is 13.7. The smallest absolute Gasteiger partial charge is 0.0363 e. The number of nitrogens with zero attached hydrogens (tertiary/aromatic N) is 1. The zero-order chi connectivity index (χ0) is 26.4. The van der Waals surface area contributed by atoms with Crippen molar-refractivity contribution in [3.8, 4) is 0 Å². The molecule has 5 heteroatoms. The predicted octanol–water partition coefficient (Wildman–Crippen LogP) is 7.72. The average Bonchev–Trinajstić information content (AvgIpc) is 2.87. The Morgan fingerprint density at radius 3 is 2.62 bits per heavy atom. The van der Waals surface area contributed by atoms with Gasteiger partial charge in [-0.15, -0.1) is 0 Å². The topological polar surface area (TPSA) is 27.3 Å². The Balaban J connectivity index is 1.27. The molecular weight excluding hydrogens is 494 g/mol. The second-order valence-electron chi connectivity index (χ2n) is 13.1. The Labute approximate surface area is 237 Å². The van der Waals surface area contributed by atoms with Crippen LogP contribution in [0.1, 0.15) is 79.1 Å². The number of piperidine rings is 1. The summed E-state index contributed by atoms with van der Waals surface area (Å²) >= 11 is 7.98. The molecule has 0 saturated carbocycles. The summed E-state index contributed by atoms with van der Waals surface area (Å²) in [6.07, 6.45) is 23.9. The monoisotopic (exact) mass is 545 g/mol. The Morgan fingerprint density at radius 1 is 1.11 bits per heavy atom. The van der Waals surface area contributed by atoms with E-state index in [1.54, 1.807) is 23.1 Å². The van der Waals surface area contributed by atoms with E-state index < -0.39 is 0 Å². The summed E-state index contributed by atoms with van der Waals surface area (Å²) in [7, 11) is 0. The minimum atomic E-state index is 0.322. The molecular formula is C32H52ClN3S. The summed E-state index contributed by atoms with van der Waals surface area (Å²) in [6, 6.07) is 1.19. The van der Waals surface area contributed by atoms with E-state index >= 15 is 0 Å². The minimum Gasteiger partial charge on any atom is -0.309 e. The number of likely N-dealkylation sites (tertiary alicyclic amines) is 1. The first kappa shape index (κ1) is 29.5. The van der Waals surface area contributed by atoms with Crippen molar-refractivity contribution in [3.05, 3.63) is 46.6 Å². The highest BCUT2D eigenvalue weighted by Gasteiger charge is 2.40. The molecule has 3 aliphatic carbocycles. The molecule has 0 aromatic heterocycles. The predicted molar refractivity (Wildman–Crippen MR) is 164 cm³/mol. The zero-order valence-corrected chi connectivity index (χ0v) is 25.6. The molecule has 0 aromatic carbocycles. The molecule has 4 rings (SSSR count). The third kappa shape index (κ3) is 8.24. The summed E-state index contributed by atoms with van der Waals surface area (Å²) in [5.74, 6) is 2.75. The molecule has 2 N–H and O–H groups in total. The van der Waals surface area contributed by atoms with Crippen molar-refractivity contribution in [2.24, 2.45) is 29.1 Å². The average molecular weight is 546 g/mol. The van der Waals surface area contributed by atoms with Crippen molar-refractivity contribution in [1.29, 1.82) is 0 Å². The Kier molecular flexibility index (Phi) is 10.9. The molecule has 0 amide bonds. The maximum atomic E-state index is 6.20. The molecule has 1 heterocycles. The van der Waals surface area contributed by atoms with Gasteiger partial charge in [-0.2, -0.15) is 0 Å². The van der Waals surface area contributed by atoms with Gasteiger partial charge >= 0.3 is 0 Å². The van der Waals surface area contributed by atoms with Crippen molar-refractivity contribution in [3.63, 3.8) is 0 Å². The van der Waals surface area contributed by atoms with E-state index in [1.807, 2.05) is 0 Å². The Bertz CT molecular complexity index is 873. The van der Waals surface area contributed by atoms with E-state index in [-0.39, 0.29) is 0 Å². The van der Waals surface area contributed by atoms with Gasteiger partial charge in [0.1, 0.15) is 0 Å². The minimum absolute atomic E-state index is 0.322. The van der Waals surface area contributed by atoms with Gasteiger partial charge in [0.2, 0.25) is 0 Å². The van der Waals surface area contributed by atoms with E-state index in [4.69, 9.17) is 11.6 Å². The highest BCUT2D eigenvalue weighted by Crippen LogP contribution is 2.43. The molecule has 4 aliphatic rings. The molecule has 0 spiro atoms.